The molecular formula is C12H14F3N3OS. The molecule has 1 aliphatic rings. The summed E-state index contributed by atoms with van der Waals surface area (Å²) in [6, 6.07) is 2.75. The van der Waals surface area contributed by atoms with Gasteiger partial charge in [-0.2, -0.15) is 13.2 Å². The van der Waals surface area contributed by atoms with Crippen molar-refractivity contribution in [3.05, 3.63) is 23.9 Å². The fraction of sp³-hybridized carbons (Fsp3) is 0.500. The van der Waals surface area contributed by atoms with Crippen LogP contribution < -0.4 is 10.6 Å². The maximum absolute atomic E-state index is 12.4. The first-order chi connectivity index (χ1) is 9.46. The monoisotopic (exact) mass is 305 g/mol. The predicted molar refractivity (Wildman–Crippen MR) is 69.5 cm³/mol. The Hall–Kier alpha value is -1.28. The van der Waals surface area contributed by atoms with Gasteiger partial charge in [-0.05, 0) is 31.5 Å². The Morgan fingerprint density at radius 1 is 1.50 bits per heavy atom. The van der Waals surface area contributed by atoms with E-state index in [0.717, 1.165) is 19.4 Å². The molecule has 0 aromatic carbocycles. The van der Waals surface area contributed by atoms with Gasteiger partial charge in [0.1, 0.15) is 5.03 Å². The van der Waals surface area contributed by atoms with Crippen molar-refractivity contribution in [2.45, 2.75) is 29.4 Å². The number of alkyl halides is 3. The van der Waals surface area contributed by atoms with E-state index < -0.39 is 11.4 Å². The van der Waals surface area contributed by atoms with Crippen molar-refractivity contribution in [3.8, 4) is 0 Å². The fourth-order valence-electron chi connectivity index (χ4n) is 1.99. The van der Waals surface area contributed by atoms with Crippen LogP contribution in [-0.2, 0) is 0 Å². The standard InChI is InChI=1S/C12H14F3N3OS/c13-12(14,15)20-11-9(4-2-6-17-11)10(19)18-8-3-1-5-16-7-8/h2,4,6,8,16H,1,3,5,7H2,(H,18,19)/t8-/m0/s1. The highest BCUT2D eigenvalue weighted by atomic mass is 32.2. The molecule has 0 bridgehead atoms. The Morgan fingerprint density at radius 2 is 2.30 bits per heavy atom. The lowest BCUT2D eigenvalue weighted by Crippen LogP contribution is -2.45. The molecule has 1 aliphatic heterocycles. The molecule has 0 radical (unpaired) electrons. The number of rotatable bonds is 3. The normalized spacial score (nSPS) is 19.6. The van der Waals surface area contributed by atoms with E-state index in [2.05, 4.69) is 15.6 Å². The van der Waals surface area contributed by atoms with Gasteiger partial charge < -0.3 is 10.6 Å². The summed E-state index contributed by atoms with van der Waals surface area (Å²) in [5, 5.41) is 5.55. The molecule has 20 heavy (non-hydrogen) atoms. The van der Waals surface area contributed by atoms with Gasteiger partial charge in [-0.25, -0.2) is 4.98 Å². The van der Waals surface area contributed by atoms with Crippen LogP contribution in [0, 0.1) is 0 Å². The summed E-state index contributed by atoms with van der Waals surface area (Å²) in [6.07, 6.45) is 3.00. The van der Waals surface area contributed by atoms with Crippen molar-refractivity contribution >= 4 is 17.7 Å². The lowest BCUT2D eigenvalue weighted by atomic mass is 10.1. The smallest absolute Gasteiger partial charge is 0.348 e. The first kappa shape index (κ1) is 15.1. The van der Waals surface area contributed by atoms with E-state index in [1.807, 2.05) is 0 Å². The Bertz CT molecular complexity index is 475. The quantitative estimate of drug-likeness (QED) is 0.841. The summed E-state index contributed by atoms with van der Waals surface area (Å²) in [6.45, 7) is 1.53. The second kappa shape index (κ2) is 6.45. The van der Waals surface area contributed by atoms with Gasteiger partial charge in [0.2, 0.25) is 0 Å². The molecule has 1 saturated heterocycles. The van der Waals surface area contributed by atoms with E-state index in [9.17, 15) is 18.0 Å². The lowest BCUT2D eigenvalue weighted by Gasteiger charge is -2.24. The Morgan fingerprint density at radius 3 is 2.95 bits per heavy atom. The Labute approximate surface area is 118 Å². The number of halogens is 3. The number of nitrogens with one attached hydrogen (secondary N) is 2. The van der Waals surface area contributed by atoms with Gasteiger partial charge in [-0.3, -0.25) is 4.79 Å². The van der Waals surface area contributed by atoms with Crippen LogP contribution in [0.15, 0.2) is 23.4 Å². The van der Waals surface area contributed by atoms with Gasteiger partial charge in [-0.15, -0.1) is 0 Å². The van der Waals surface area contributed by atoms with Crippen LogP contribution in [0.3, 0.4) is 0 Å². The number of amides is 1. The zero-order valence-corrected chi connectivity index (χ0v) is 11.4. The number of carbonyl (C=O) groups is 1. The van der Waals surface area contributed by atoms with Crippen LogP contribution in [0.2, 0.25) is 0 Å². The van der Waals surface area contributed by atoms with Crippen molar-refractivity contribution < 1.29 is 18.0 Å². The Balaban J connectivity index is 2.08. The second-order valence-electron chi connectivity index (χ2n) is 4.42. The number of hydrogen-bond acceptors (Lipinski definition) is 4. The summed E-state index contributed by atoms with van der Waals surface area (Å²) < 4.78 is 37.3. The van der Waals surface area contributed by atoms with Crippen molar-refractivity contribution in [1.82, 2.24) is 15.6 Å². The van der Waals surface area contributed by atoms with Crippen molar-refractivity contribution in [2.75, 3.05) is 13.1 Å². The van der Waals surface area contributed by atoms with E-state index in [4.69, 9.17) is 0 Å². The number of aromatic nitrogens is 1. The van der Waals surface area contributed by atoms with E-state index in [1.165, 1.54) is 18.3 Å². The average Bonchev–Trinajstić information content (AvgIpc) is 2.38. The highest BCUT2D eigenvalue weighted by Crippen LogP contribution is 2.37. The first-order valence-electron chi connectivity index (χ1n) is 6.18. The number of carbonyl (C=O) groups excluding carboxylic acids is 1. The van der Waals surface area contributed by atoms with Crippen molar-refractivity contribution in [2.24, 2.45) is 0 Å². The molecule has 1 aromatic rings. The molecule has 110 valence electrons. The molecule has 2 rings (SSSR count). The van der Waals surface area contributed by atoms with E-state index in [0.29, 0.717) is 6.54 Å². The summed E-state index contributed by atoms with van der Waals surface area (Å²) >= 11 is -0.370. The van der Waals surface area contributed by atoms with Crippen LogP contribution in [-0.4, -0.2) is 35.5 Å². The third kappa shape index (κ3) is 4.38. The first-order valence-corrected chi connectivity index (χ1v) is 7.00. The zero-order valence-electron chi connectivity index (χ0n) is 10.5. The minimum absolute atomic E-state index is 0.0413. The minimum Gasteiger partial charge on any atom is -0.348 e. The zero-order chi connectivity index (χ0) is 14.6. The van der Waals surface area contributed by atoms with Gasteiger partial charge in [-0.1, -0.05) is 0 Å². The van der Waals surface area contributed by atoms with Crippen LogP contribution >= 0.6 is 11.8 Å². The highest BCUT2D eigenvalue weighted by Gasteiger charge is 2.32. The summed E-state index contributed by atoms with van der Waals surface area (Å²) in [5.74, 6) is -0.515. The van der Waals surface area contributed by atoms with Gasteiger partial charge in [0.25, 0.3) is 5.91 Å². The fourth-order valence-corrected chi connectivity index (χ4v) is 2.60. The van der Waals surface area contributed by atoms with E-state index in [-0.39, 0.29) is 28.4 Å². The number of hydrogen-bond donors (Lipinski definition) is 2. The van der Waals surface area contributed by atoms with Gasteiger partial charge in [0.15, 0.2) is 0 Å². The van der Waals surface area contributed by atoms with Crippen LogP contribution in [0.4, 0.5) is 13.2 Å². The molecular weight excluding hydrogens is 291 g/mol. The molecule has 1 aromatic heterocycles. The number of nitrogens with zero attached hydrogens (tertiary/aromatic N) is 1. The second-order valence-corrected chi connectivity index (χ2v) is 5.47. The number of thioether (sulfide) groups is 1. The summed E-state index contributed by atoms with van der Waals surface area (Å²) in [5.41, 5.74) is -4.50. The van der Waals surface area contributed by atoms with Crippen molar-refractivity contribution in [3.63, 3.8) is 0 Å². The molecule has 1 atom stereocenters. The van der Waals surface area contributed by atoms with Gasteiger partial charge in [0, 0.05) is 30.5 Å². The predicted octanol–water partition coefficient (Wildman–Crippen LogP) is 2.18. The topological polar surface area (TPSA) is 54.0 Å². The van der Waals surface area contributed by atoms with Crippen LogP contribution in [0.25, 0.3) is 0 Å². The molecule has 4 nitrogen and oxygen atoms in total. The van der Waals surface area contributed by atoms with E-state index >= 15 is 0 Å². The average molecular weight is 305 g/mol. The lowest BCUT2D eigenvalue weighted by molar-refractivity contribution is -0.0329. The maximum atomic E-state index is 12.4. The molecule has 0 unspecified atom stereocenters. The van der Waals surface area contributed by atoms with Crippen molar-refractivity contribution in [1.29, 1.82) is 0 Å². The van der Waals surface area contributed by atoms with E-state index in [1.54, 1.807) is 0 Å². The minimum atomic E-state index is -4.46. The largest absolute Gasteiger partial charge is 0.447 e. The third-order valence-corrected chi connectivity index (χ3v) is 3.61. The molecule has 0 aliphatic carbocycles. The summed E-state index contributed by atoms with van der Waals surface area (Å²) in [7, 11) is 0. The number of piperidine rings is 1. The maximum Gasteiger partial charge on any atom is 0.447 e. The third-order valence-electron chi connectivity index (χ3n) is 2.86. The molecule has 1 amide bonds. The molecule has 0 spiro atoms. The van der Waals surface area contributed by atoms with Crippen LogP contribution in [0.5, 0.6) is 0 Å². The molecule has 1 fully saturated rings. The highest BCUT2D eigenvalue weighted by molar-refractivity contribution is 8.00. The number of pyridine rings is 1. The van der Waals surface area contributed by atoms with Crippen LogP contribution in [0.1, 0.15) is 23.2 Å². The van der Waals surface area contributed by atoms with Gasteiger partial charge >= 0.3 is 5.51 Å². The Kier molecular flexibility index (Phi) is 4.87. The van der Waals surface area contributed by atoms with Gasteiger partial charge in [0.05, 0.1) is 5.56 Å². The SMILES string of the molecule is O=C(N[C@H]1CCCNC1)c1cccnc1SC(F)(F)F. The molecule has 2 heterocycles. The molecule has 0 saturated carbocycles. The molecule has 8 heteroatoms. The molecule has 2 N–H and O–H groups in total. The summed E-state index contributed by atoms with van der Waals surface area (Å²) in [4.78, 5) is 15.7.